The van der Waals surface area contributed by atoms with Gasteiger partial charge in [-0.25, -0.2) is 0 Å². The van der Waals surface area contributed by atoms with Crippen LogP contribution in [0.5, 0.6) is 0 Å². The standard InChI is InChI=1S/C16H18OS/c1-2-15(17)16(13-9-5-3-6-10-13)18-14-11-7-4-8-12-14/h3-12,15-17H,2H2,1H3/t15-,16+/m1/s1. The third kappa shape index (κ3) is 3.37. The molecule has 0 fully saturated rings. The molecular weight excluding hydrogens is 240 g/mol. The maximum Gasteiger partial charge on any atom is 0.0700 e. The fourth-order valence-electron chi connectivity index (χ4n) is 1.87. The fraction of sp³-hybridized carbons (Fsp3) is 0.250. The molecule has 18 heavy (non-hydrogen) atoms. The lowest BCUT2D eigenvalue weighted by Gasteiger charge is -2.22. The zero-order valence-electron chi connectivity index (χ0n) is 10.5. The van der Waals surface area contributed by atoms with Crippen molar-refractivity contribution >= 4 is 11.8 Å². The molecule has 2 rings (SSSR count). The van der Waals surface area contributed by atoms with Gasteiger partial charge in [0.25, 0.3) is 0 Å². The molecule has 0 aromatic heterocycles. The van der Waals surface area contributed by atoms with Crippen molar-refractivity contribution in [2.45, 2.75) is 29.6 Å². The molecule has 0 heterocycles. The highest BCUT2D eigenvalue weighted by Gasteiger charge is 2.20. The van der Waals surface area contributed by atoms with Gasteiger partial charge in [0.2, 0.25) is 0 Å². The molecule has 0 aliphatic heterocycles. The first-order chi connectivity index (χ1) is 8.81. The molecule has 2 aromatic carbocycles. The van der Waals surface area contributed by atoms with Gasteiger partial charge in [0.15, 0.2) is 0 Å². The molecule has 2 atom stereocenters. The average Bonchev–Trinajstić information content (AvgIpc) is 2.46. The minimum atomic E-state index is -0.322. The molecular formula is C16H18OS. The molecule has 0 bridgehead atoms. The Hall–Kier alpha value is -1.25. The van der Waals surface area contributed by atoms with Crippen molar-refractivity contribution in [1.82, 2.24) is 0 Å². The summed E-state index contributed by atoms with van der Waals surface area (Å²) in [5.74, 6) is 0. The number of benzene rings is 2. The number of hydrogen-bond donors (Lipinski definition) is 1. The van der Waals surface area contributed by atoms with Crippen LogP contribution in [-0.4, -0.2) is 11.2 Å². The van der Waals surface area contributed by atoms with Gasteiger partial charge in [-0.15, -0.1) is 11.8 Å². The van der Waals surface area contributed by atoms with Crippen LogP contribution >= 0.6 is 11.8 Å². The summed E-state index contributed by atoms with van der Waals surface area (Å²) in [6.07, 6.45) is 0.442. The zero-order valence-corrected chi connectivity index (χ0v) is 11.3. The van der Waals surface area contributed by atoms with Crippen LogP contribution in [0.3, 0.4) is 0 Å². The molecule has 0 spiro atoms. The van der Waals surface area contributed by atoms with E-state index in [1.54, 1.807) is 11.8 Å². The first-order valence-corrected chi connectivity index (χ1v) is 7.14. The van der Waals surface area contributed by atoms with E-state index in [-0.39, 0.29) is 11.4 Å². The molecule has 2 heteroatoms. The Balaban J connectivity index is 2.21. The topological polar surface area (TPSA) is 20.2 Å². The average molecular weight is 258 g/mol. The lowest BCUT2D eigenvalue weighted by Crippen LogP contribution is -2.14. The van der Waals surface area contributed by atoms with E-state index in [4.69, 9.17) is 0 Å². The molecule has 0 aliphatic rings. The Morgan fingerprint density at radius 1 is 0.944 bits per heavy atom. The Kier molecular flexibility index (Phi) is 4.85. The first kappa shape index (κ1) is 13.2. The van der Waals surface area contributed by atoms with E-state index in [0.717, 1.165) is 6.42 Å². The van der Waals surface area contributed by atoms with E-state index >= 15 is 0 Å². The second-order valence-electron chi connectivity index (χ2n) is 4.24. The van der Waals surface area contributed by atoms with Crippen molar-refractivity contribution in [1.29, 1.82) is 0 Å². The quantitative estimate of drug-likeness (QED) is 0.807. The lowest BCUT2D eigenvalue weighted by atomic mass is 10.1. The molecule has 0 unspecified atom stereocenters. The van der Waals surface area contributed by atoms with Gasteiger partial charge in [-0.1, -0.05) is 55.5 Å². The number of aliphatic hydroxyl groups is 1. The third-order valence-corrected chi connectivity index (χ3v) is 4.29. The van der Waals surface area contributed by atoms with Crippen LogP contribution in [0, 0.1) is 0 Å². The first-order valence-electron chi connectivity index (χ1n) is 6.26. The summed E-state index contributed by atoms with van der Waals surface area (Å²) < 4.78 is 0. The van der Waals surface area contributed by atoms with Crippen LogP contribution < -0.4 is 0 Å². The van der Waals surface area contributed by atoms with Crippen molar-refractivity contribution in [3.63, 3.8) is 0 Å². The van der Waals surface area contributed by atoms with Gasteiger partial charge in [0.1, 0.15) is 0 Å². The molecule has 2 aromatic rings. The second kappa shape index (κ2) is 6.62. The summed E-state index contributed by atoms with van der Waals surface area (Å²) in [5.41, 5.74) is 1.18. The third-order valence-electron chi connectivity index (χ3n) is 2.90. The van der Waals surface area contributed by atoms with E-state index < -0.39 is 0 Å². The Labute approximate surface area is 113 Å². The van der Waals surface area contributed by atoms with Crippen LogP contribution in [0.4, 0.5) is 0 Å². The van der Waals surface area contributed by atoms with Crippen LogP contribution in [0.2, 0.25) is 0 Å². The van der Waals surface area contributed by atoms with Crippen molar-refractivity contribution in [3.8, 4) is 0 Å². The van der Waals surface area contributed by atoms with Gasteiger partial charge < -0.3 is 5.11 Å². The number of hydrogen-bond acceptors (Lipinski definition) is 2. The molecule has 0 radical (unpaired) electrons. The largest absolute Gasteiger partial charge is 0.392 e. The maximum atomic E-state index is 10.2. The van der Waals surface area contributed by atoms with Crippen molar-refractivity contribution in [2.24, 2.45) is 0 Å². The van der Waals surface area contributed by atoms with Gasteiger partial charge in [0, 0.05) is 4.90 Å². The van der Waals surface area contributed by atoms with Crippen LogP contribution in [-0.2, 0) is 0 Å². The maximum absolute atomic E-state index is 10.2. The molecule has 0 saturated heterocycles. The van der Waals surface area contributed by atoms with Crippen LogP contribution in [0.1, 0.15) is 24.2 Å². The minimum absolute atomic E-state index is 0.0959. The predicted octanol–water partition coefficient (Wildman–Crippen LogP) is 4.29. The summed E-state index contributed by atoms with van der Waals surface area (Å²) in [7, 11) is 0. The van der Waals surface area contributed by atoms with Gasteiger partial charge >= 0.3 is 0 Å². The molecule has 94 valence electrons. The van der Waals surface area contributed by atoms with Gasteiger partial charge in [-0.3, -0.25) is 0 Å². The van der Waals surface area contributed by atoms with Gasteiger partial charge in [0.05, 0.1) is 11.4 Å². The van der Waals surface area contributed by atoms with Crippen molar-refractivity contribution < 1.29 is 5.11 Å². The highest BCUT2D eigenvalue weighted by Crippen LogP contribution is 2.38. The number of aliphatic hydroxyl groups excluding tert-OH is 1. The normalized spacial score (nSPS) is 14.1. The smallest absolute Gasteiger partial charge is 0.0700 e. The second-order valence-corrected chi connectivity index (χ2v) is 5.45. The minimum Gasteiger partial charge on any atom is -0.392 e. The van der Waals surface area contributed by atoms with Gasteiger partial charge in [-0.05, 0) is 24.1 Å². The Morgan fingerprint density at radius 3 is 2.06 bits per heavy atom. The lowest BCUT2D eigenvalue weighted by molar-refractivity contribution is 0.167. The number of rotatable bonds is 5. The van der Waals surface area contributed by atoms with E-state index in [2.05, 4.69) is 24.3 Å². The van der Waals surface area contributed by atoms with Crippen molar-refractivity contribution in [3.05, 3.63) is 66.2 Å². The highest BCUT2D eigenvalue weighted by atomic mass is 32.2. The predicted molar refractivity (Wildman–Crippen MR) is 77.8 cm³/mol. The summed E-state index contributed by atoms with van der Waals surface area (Å²) in [4.78, 5) is 1.19. The molecule has 0 amide bonds. The zero-order chi connectivity index (χ0) is 12.8. The van der Waals surface area contributed by atoms with Crippen LogP contribution in [0.25, 0.3) is 0 Å². The Bertz CT molecular complexity index is 455. The fourth-order valence-corrected chi connectivity index (χ4v) is 3.12. The summed E-state index contributed by atoms with van der Waals surface area (Å²) >= 11 is 1.72. The van der Waals surface area contributed by atoms with E-state index in [1.165, 1.54) is 10.5 Å². The van der Waals surface area contributed by atoms with E-state index in [9.17, 15) is 5.11 Å². The Morgan fingerprint density at radius 2 is 1.50 bits per heavy atom. The summed E-state index contributed by atoms with van der Waals surface area (Å²) in [6.45, 7) is 2.02. The van der Waals surface area contributed by atoms with Gasteiger partial charge in [-0.2, -0.15) is 0 Å². The van der Waals surface area contributed by atoms with Crippen LogP contribution in [0.15, 0.2) is 65.6 Å². The highest BCUT2D eigenvalue weighted by molar-refractivity contribution is 7.99. The number of thioether (sulfide) groups is 1. The molecule has 0 saturated carbocycles. The van der Waals surface area contributed by atoms with E-state index in [1.807, 2.05) is 43.3 Å². The molecule has 1 N–H and O–H groups in total. The monoisotopic (exact) mass is 258 g/mol. The molecule has 1 nitrogen and oxygen atoms in total. The summed E-state index contributed by atoms with van der Waals surface area (Å²) in [5, 5.41) is 10.3. The van der Waals surface area contributed by atoms with E-state index in [0.29, 0.717) is 0 Å². The molecule has 0 aliphatic carbocycles. The summed E-state index contributed by atoms with van der Waals surface area (Å²) in [6, 6.07) is 20.5. The SMILES string of the molecule is CC[C@@H](O)[C@@H](Sc1ccccc1)c1ccccc1. The van der Waals surface area contributed by atoms with Crippen molar-refractivity contribution in [2.75, 3.05) is 0 Å².